The molecule has 0 aliphatic rings. The summed E-state index contributed by atoms with van der Waals surface area (Å²) >= 11 is 0. The Labute approximate surface area is 84.5 Å². The number of rotatable bonds is 5. The first-order valence-corrected chi connectivity index (χ1v) is 5.02. The monoisotopic (exact) mass is 195 g/mol. The molecule has 0 aliphatic heterocycles. The molecule has 78 valence electrons. The first-order chi connectivity index (χ1) is 6.70. The molecule has 3 heteroatoms. The molecule has 0 atom stereocenters. The van der Waals surface area contributed by atoms with E-state index in [2.05, 4.69) is 19.2 Å². The van der Waals surface area contributed by atoms with Crippen molar-refractivity contribution < 1.29 is 9.21 Å². The van der Waals surface area contributed by atoms with Gasteiger partial charge in [-0.3, -0.25) is 4.79 Å². The number of amides is 1. The molecule has 0 bridgehead atoms. The number of hydrogen-bond acceptors (Lipinski definition) is 2. The van der Waals surface area contributed by atoms with Crippen LogP contribution in [0.3, 0.4) is 0 Å². The highest BCUT2D eigenvalue weighted by Crippen LogP contribution is 2.03. The largest absolute Gasteiger partial charge is 0.459 e. The summed E-state index contributed by atoms with van der Waals surface area (Å²) in [6, 6.07) is 3.38. The molecule has 0 saturated heterocycles. The van der Waals surface area contributed by atoms with Crippen molar-refractivity contribution >= 4 is 5.91 Å². The van der Waals surface area contributed by atoms with Gasteiger partial charge in [0.05, 0.1) is 6.26 Å². The fraction of sp³-hybridized carbons (Fsp3) is 0.545. The summed E-state index contributed by atoms with van der Waals surface area (Å²) < 4.78 is 4.96. The van der Waals surface area contributed by atoms with E-state index in [0.29, 0.717) is 11.7 Å². The maximum atomic E-state index is 11.3. The van der Waals surface area contributed by atoms with Crippen LogP contribution in [0.4, 0.5) is 0 Å². The van der Waals surface area contributed by atoms with Crippen molar-refractivity contribution in [2.75, 3.05) is 6.54 Å². The van der Waals surface area contributed by atoms with Crippen LogP contribution >= 0.6 is 0 Å². The van der Waals surface area contributed by atoms with Gasteiger partial charge in [-0.15, -0.1) is 0 Å². The fourth-order valence-corrected chi connectivity index (χ4v) is 1.21. The van der Waals surface area contributed by atoms with Crippen molar-refractivity contribution in [3.8, 4) is 0 Å². The lowest BCUT2D eigenvalue weighted by Crippen LogP contribution is -2.24. The summed E-state index contributed by atoms with van der Waals surface area (Å²) in [5, 5.41) is 2.81. The summed E-state index contributed by atoms with van der Waals surface area (Å²) in [6.07, 6.45) is 3.66. The van der Waals surface area contributed by atoms with Gasteiger partial charge in [-0.2, -0.15) is 0 Å². The number of furan rings is 1. The van der Waals surface area contributed by atoms with Crippen molar-refractivity contribution in [2.45, 2.75) is 26.7 Å². The second-order valence-electron chi connectivity index (χ2n) is 3.77. The molecule has 1 heterocycles. The smallest absolute Gasteiger partial charge is 0.286 e. The van der Waals surface area contributed by atoms with Crippen LogP contribution in [0.1, 0.15) is 37.2 Å². The zero-order valence-corrected chi connectivity index (χ0v) is 8.75. The van der Waals surface area contributed by atoms with E-state index in [1.165, 1.54) is 6.26 Å². The SMILES string of the molecule is CC(C)CCCNC(=O)c1ccco1. The normalized spacial score (nSPS) is 10.5. The molecular weight excluding hydrogens is 178 g/mol. The summed E-state index contributed by atoms with van der Waals surface area (Å²) in [4.78, 5) is 11.3. The van der Waals surface area contributed by atoms with Crippen molar-refractivity contribution in [3.63, 3.8) is 0 Å². The maximum absolute atomic E-state index is 11.3. The molecule has 1 aromatic heterocycles. The van der Waals surface area contributed by atoms with Crippen LogP contribution in [0.2, 0.25) is 0 Å². The van der Waals surface area contributed by atoms with E-state index in [-0.39, 0.29) is 5.91 Å². The lowest BCUT2D eigenvalue weighted by Gasteiger charge is -2.05. The zero-order valence-electron chi connectivity index (χ0n) is 8.75. The Bertz CT molecular complexity index is 265. The van der Waals surface area contributed by atoms with Gasteiger partial charge in [-0.25, -0.2) is 0 Å². The van der Waals surface area contributed by atoms with Crippen molar-refractivity contribution in [1.29, 1.82) is 0 Å². The predicted octanol–water partition coefficient (Wildman–Crippen LogP) is 2.45. The Morgan fingerprint density at radius 1 is 1.57 bits per heavy atom. The molecule has 0 radical (unpaired) electrons. The summed E-state index contributed by atoms with van der Waals surface area (Å²) in [6.45, 7) is 5.07. The number of nitrogens with one attached hydrogen (secondary N) is 1. The maximum Gasteiger partial charge on any atom is 0.286 e. The van der Waals surface area contributed by atoms with Gasteiger partial charge in [0.1, 0.15) is 0 Å². The van der Waals surface area contributed by atoms with E-state index in [1.54, 1.807) is 12.1 Å². The predicted molar refractivity (Wildman–Crippen MR) is 55.1 cm³/mol. The van der Waals surface area contributed by atoms with Gasteiger partial charge in [0.2, 0.25) is 0 Å². The molecule has 0 unspecified atom stereocenters. The molecule has 1 rings (SSSR count). The van der Waals surface area contributed by atoms with Gasteiger partial charge in [0.25, 0.3) is 5.91 Å². The van der Waals surface area contributed by atoms with E-state index >= 15 is 0 Å². The topological polar surface area (TPSA) is 42.2 Å². The average Bonchev–Trinajstić information content (AvgIpc) is 2.64. The van der Waals surface area contributed by atoms with Crippen LogP contribution < -0.4 is 5.32 Å². The van der Waals surface area contributed by atoms with Crippen LogP contribution in [0.25, 0.3) is 0 Å². The summed E-state index contributed by atoms with van der Waals surface area (Å²) in [5.41, 5.74) is 0. The van der Waals surface area contributed by atoms with E-state index in [9.17, 15) is 4.79 Å². The third-order valence-corrected chi connectivity index (χ3v) is 1.99. The Balaban J connectivity index is 2.16. The molecule has 0 aromatic carbocycles. The van der Waals surface area contributed by atoms with Gasteiger partial charge in [0.15, 0.2) is 5.76 Å². The van der Waals surface area contributed by atoms with Crippen LogP contribution in [-0.4, -0.2) is 12.5 Å². The third kappa shape index (κ3) is 3.64. The van der Waals surface area contributed by atoms with Crippen LogP contribution in [0.5, 0.6) is 0 Å². The first kappa shape index (κ1) is 10.8. The van der Waals surface area contributed by atoms with Crippen molar-refractivity contribution in [3.05, 3.63) is 24.2 Å². The number of carbonyl (C=O) groups is 1. The quantitative estimate of drug-likeness (QED) is 0.733. The lowest BCUT2D eigenvalue weighted by molar-refractivity contribution is 0.0925. The zero-order chi connectivity index (χ0) is 10.4. The van der Waals surface area contributed by atoms with Gasteiger partial charge in [0, 0.05) is 6.54 Å². The average molecular weight is 195 g/mol. The van der Waals surface area contributed by atoms with Gasteiger partial charge < -0.3 is 9.73 Å². The second-order valence-corrected chi connectivity index (χ2v) is 3.77. The Morgan fingerprint density at radius 2 is 2.36 bits per heavy atom. The highest BCUT2D eigenvalue weighted by molar-refractivity contribution is 5.91. The lowest BCUT2D eigenvalue weighted by atomic mass is 10.1. The van der Waals surface area contributed by atoms with Gasteiger partial charge in [-0.1, -0.05) is 13.8 Å². The van der Waals surface area contributed by atoms with E-state index in [4.69, 9.17) is 4.42 Å². The highest BCUT2D eigenvalue weighted by atomic mass is 16.3. The van der Waals surface area contributed by atoms with Gasteiger partial charge in [-0.05, 0) is 30.9 Å². The molecule has 0 spiro atoms. The molecule has 1 amide bonds. The number of carbonyl (C=O) groups excluding carboxylic acids is 1. The fourth-order valence-electron chi connectivity index (χ4n) is 1.21. The van der Waals surface area contributed by atoms with Crippen molar-refractivity contribution in [2.24, 2.45) is 5.92 Å². The van der Waals surface area contributed by atoms with Crippen molar-refractivity contribution in [1.82, 2.24) is 5.32 Å². The molecule has 3 nitrogen and oxygen atoms in total. The van der Waals surface area contributed by atoms with Crippen LogP contribution in [0, 0.1) is 5.92 Å². The second kappa shape index (κ2) is 5.47. The molecule has 14 heavy (non-hydrogen) atoms. The molecule has 1 aromatic rings. The van der Waals surface area contributed by atoms with E-state index < -0.39 is 0 Å². The van der Waals surface area contributed by atoms with Crippen LogP contribution in [-0.2, 0) is 0 Å². The number of hydrogen-bond donors (Lipinski definition) is 1. The molecule has 0 fully saturated rings. The third-order valence-electron chi connectivity index (χ3n) is 1.99. The minimum absolute atomic E-state index is 0.126. The standard InChI is InChI=1S/C11H17NO2/c1-9(2)5-3-7-12-11(13)10-6-4-8-14-10/h4,6,8-9H,3,5,7H2,1-2H3,(H,12,13). The van der Waals surface area contributed by atoms with E-state index in [0.717, 1.165) is 19.4 Å². The first-order valence-electron chi connectivity index (χ1n) is 5.02. The molecule has 0 saturated carbocycles. The van der Waals surface area contributed by atoms with Crippen LogP contribution in [0.15, 0.2) is 22.8 Å². The highest BCUT2D eigenvalue weighted by Gasteiger charge is 2.06. The minimum Gasteiger partial charge on any atom is -0.459 e. The molecular formula is C11H17NO2. The Hall–Kier alpha value is -1.25. The Morgan fingerprint density at radius 3 is 2.93 bits per heavy atom. The summed E-state index contributed by atoms with van der Waals surface area (Å²) in [7, 11) is 0. The Kier molecular flexibility index (Phi) is 4.23. The van der Waals surface area contributed by atoms with Gasteiger partial charge >= 0.3 is 0 Å². The summed E-state index contributed by atoms with van der Waals surface area (Å²) in [5.74, 6) is 0.948. The van der Waals surface area contributed by atoms with E-state index in [1.807, 2.05) is 0 Å². The molecule has 0 aliphatic carbocycles. The molecule has 1 N–H and O–H groups in total. The minimum atomic E-state index is -0.126.